The Morgan fingerprint density at radius 3 is 2.64 bits per heavy atom. The minimum absolute atomic E-state index is 0.0227. The molecule has 1 aliphatic carbocycles. The van der Waals surface area contributed by atoms with Gasteiger partial charge in [0.1, 0.15) is 6.29 Å². The van der Waals surface area contributed by atoms with Crippen LogP contribution in [0, 0.1) is 0 Å². The lowest BCUT2D eigenvalue weighted by Gasteiger charge is -2.00. The van der Waals surface area contributed by atoms with Crippen LogP contribution in [0.4, 0.5) is 0 Å². The number of aldehydes is 1. The van der Waals surface area contributed by atoms with E-state index in [9.17, 15) is 14.4 Å². The Hall–Kier alpha value is -1.51. The minimum Gasteiger partial charge on any atom is -0.303 e. The summed E-state index contributed by atoms with van der Waals surface area (Å²) in [5.74, 6) is -0.488. The van der Waals surface area contributed by atoms with Crippen molar-refractivity contribution in [2.45, 2.75) is 6.42 Å². The SMILES string of the molecule is O=CCC1=CC(=O)C=CC1=O. The Balaban J connectivity index is 2.84. The van der Waals surface area contributed by atoms with Crippen LogP contribution in [0.1, 0.15) is 6.42 Å². The van der Waals surface area contributed by atoms with Gasteiger partial charge in [-0.2, -0.15) is 0 Å². The monoisotopic (exact) mass is 150 g/mol. The van der Waals surface area contributed by atoms with Gasteiger partial charge in [-0.15, -0.1) is 0 Å². The molecule has 11 heavy (non-hydrogen) atoms. The Labute approximate surface area is 63.4 Å². The van der Waals surface area contributed by atoms with Gasteiger partial charge >= 0.3 is 0 Å². The highest BCUT2D eigenvalue weighted by atomic mass is 16.1. The highest BCUT2D eigenvalue weighted by Gasteiger charge is 2.11. The average Bonchev–Trinajstić information content (AvgIpc) is 1.98. The van der Waals surface area contributed by atoms with Crippen molar-refractivity contribution in [1.82, 2.24) is 0 Å². The highest BCUT2D eigenvalue weighted by Crippen LogP contribution is 2.07. The number of allylic oxidation sites excluding steroid dienone is 4. The van der Waals surface area contributed by atoms with Crippen molar-refractivity contribution in [3.63, 3.8) is 0 Å². The van der Waals surface area contributed by atoms with Gasteiger partial charge in [0.05, 0.1) is 0 Å². The molecule has 0 saturated heterocycles. The van der Waals surface area contributed by atoms with Gasteiger partial charge in [-0.3, -0.25) is 9.59 Å². The number of hydrogen-bond donors (Lipinski definition) is 0. The molecule has 0 heterocycles. The van der Waals surface area contributed by atoms with Gasteiger partial charge in [0, 0.05) is 12.0 Å². The van der Waals surface area contributed by atoms with Crippen LogP contribution in [0.3, 0.4) is 0 Å². The zero-order chi connectivity index (χ0) is 8.27. The first-order chi connectivity index (χ1) is 5.24. The van der Waals surface area contributed by atoms with E-state index in [1.165, 1.54) is 18.2 Å². The van der Waals surface area contributed by atoms with E-state index >= 15 is 0 Å². The quantitative estimate of drug-likeness (QED) is 0.417. The van der Waals surface area contributed by atoms with Crippen molar-refractivity contribution < 1.29 is 14.4 Å². The minimum atomic E-state index is -0.253. The van der Waals surface area contributed by atoms with E-state index in [0.717, 1.165) is 0 Å². The number of carbonyl (C=O) groups excluding carboxylic acids is 3. The second kappa shape index (κ2) is 3.05. The molecule has 3 heteroatoms. The second-order valence-electron chi connectivity index (χ2n) is 2.14. The molecule has 0 bridgehead atoms. The van der Waals surface area contributed by atoms with Crippen LogP contribution in [-0.4, -0.2) is 17.9 Å². The fraction of sp³-hybridized carbons (Fsp3) is 0.125. The molecule has 0 aromatic carbocycles. The summed E-state index contributed by atoms with van der Waals surface area (Å²) < 4.78 is 0. The Kier molecular flexibility index (Phi) is 2.11. The normalized spacial score (nSPS) is 16.5. The van der Waals surface area contributed by atoms with Crippen molar-refractivity contribution in [1.29, 1.82) is 0 Å². The maximum Gasteiger partial charge on any atom is 0.182 e. The largest absolute Gasteiger partial charge is 0.303 e. The maximum absolute atomic E-state index is 10.9. The van der Waals surface area contributed by atoms with Crippen LogP contribution in [0.2, 0.25) is 0 Å². The third-order valence-electron chi connectivity index (χ3n) is 1.34. The molecular weight excluding hydrogens is 144 g/mol. The third kappa shape index (κ3) is 1.70. The zero-order valence-corrected chi connectivity index (χ0v) is 5.74. The van der Waals surface area contributed by atoms with Crippen LogP contribution in [0.5, 0.6) is 0 Å². The van der Waals surface area contributed by atoms with Gasteiger partial charge in [-0.05, 0) is 18.2 Å². The molecule has 0 spiro atoms. The van der Waals surface area contributed by atoms with E-state index in [0.29, 0.717) is 6.29 Å². The topological polar surface area (TPSA) is 51.2 Å². The van der Waals surface area contributed by atoms with Crippen LogP contribution >= 0.6 is 0 Å². The molecule has 0 atom stereocenters. The molecule has 3 nitrogen and oxygen atoms in total. The summed E-state index contributed by atoms with van der Waals surface area (Å²) >= 11 is 0. The summed E-state index contributed by atoms with van der Waals surface area (Å²) in [7, 11) is 0. The Morgan fingerprint density at radius 1 is 1.27 bits per heavy atom. The van der Waals surface area contributed by atoms with E-state index in [4.69, 9.17) is 0 Å². The summed E-state index contributed by atoms with van der Waals surface area (Å²) in [4.78, 5) is 31.5. The Morgan fingerprint density at radius 2 is 2.00 bits per heavy atom. The van der Waals surface area contributed by atoms with Crippen molar-refractivity contribution >= 4 is 17.9 Å². The molecule has 0 fully saturated rings. The fourth-order valence-electron chi connectivity index (χ4n) is 0.805. The van der Waals surface area contributed by atoms with Crippen molar-refractivity contribution in [2.75, 3.05) is 0 Å². The molecule has 1 rings (SSSR count). The van der Waals surface area contributed by atoms with E-state index in [2.05, 4.69) is 0 Å². The van der Waals surface area contributed by atoms with Crippen LogP contribution < -0.4 is 0 Å². The molecule has 0 saturated carbocycles. The number of rotatable bonds is 2. The van der Waals surface area contributed by atoms with E-state index < -0.39 is 0 Å². The molecule has 0 aromatic heterocycles. The van der Waals surface area contributed by atoms with Gasteiger partial charge in [-0.1, -0.05) is 0 Å². The molecule has 56 valence electrons. The first kappa shape index (κ1) is 7.60. The predicted octanol–water partition coefficient (Wildman–Crippen LogP) is 0.210. The standard InChI is InChI=1S/C8H6O3/c9-4-3-6-5-7(10)1-2-8(6)11/h1-2,4-5H,3H2. The lowest BCUT2D eigenvalue weighted by molar-refractivity contribution is -0.115. The van der Waals surface area contributed by atoms with Gasteiger partial charge in [-0.25, -0.2) is 0 Å². The van der Waals surface area contributed by atoms with Crippen LogP contribution in [0.15, 0.2) is 23.8 Å². The smallest absolute Gasteiger partial charge is 0.182 e. The van der Waals surface area contributed by atoms with Gasteiger partial charge < -0.3 is 4.79 Å². The van der Waals surface area contributed by atoms with E-state index in [1.54, 1.807) is 0 Å². The lowest BCUT2D eigenvalue weighted by Crippen LogP contribution is -2.07. The molecule has 0 N–H and O–H groups in total. The molecule has 0 aromatic rings. The fourth-order valence-corrected chi connectivity index (χ4v) is 0.805. The zero-order valence-electron chi connectivity index (χ0n) is 5.74. The number of ketones is 2. The number of carbonyl (C=O) groups is 3. The molecule has 0 amide bonds. The summed E-state index contributed by atoms with van der Waals surface area (Å²) in [6.07, 6.45) is 4.19. The van der Waals surface area contributed by atoms with Crippen molar-refractivity contribution in [3.05, 3.63) is 23.8 Å². The van der Waals surface area contributed by atoms with Gasteiger partial charge in [0.2, 0.25) is 0 Å². The van der Waals surface area contributed by atoms with Crippen molar-refractivity contribution in [3.8, 4) is 0 Å². The van der Waals surface area contributed by atoms with Crippen LogP contribution in [0.25, 0.3) is 0 Å². The molecule has 1 aliphatic rings. The van der Waals surface area contributed by atoms with Crippen molar-refractivity contribution in [2.24, 2.45) is 0 Å². The second-order valence-corrected chi connectivity index (χ2v) is 2.14. The summed E-state index contributed by atoms with van der Waals surface area (Å²) in [5.41, 5.74) is 0.271. The van der Waals surface area contributed by atoms with Gasteiger partial charge in [0.15, 0.2) is 11.6 Å². The third-order valence-corrected chi connectivity index (χ3v) is 1.34. The first-order valence-corrected chi connectivity index (χ1v) is 3.14. The summed E-state index contributed by atoms with van der Waals surface area (Å²) in [6.45, 7) is 0. The molecule has 0 radical (unpaired) electrons. The number of hydrogen-bond acceptors (Lipinski definition) is 3. The average molecular weight is 150 g/mol. The van der Waals surface area contributed by atoms with Crippen LogP contribution in [-0.2, 0) is 14.4 Å². The maximum atomic E-state index is 10.9. The Bertz CT molecular complexity index is 271. The predicted molar refractivity (Wildman–Crippen MR) is 37.9 cm³/mol. The first-order valence-electron chi connectivity index (χ1n) is 3.14. The summed E-state index contributed by atoms with van der Waals surface area (Å²) in [5, 5.41) is 0. The molecule has 0 unspecified atom stereocenters. The highest BCUT2D eigenvalue weighted by molar-refractivity contribution is 6.18. The lowest BCUT2D eigenvalue weighted by atomic mass is 10.0. The van der Waals surface area contributed by atoms with E-state index in [1.807, 2.05) is 0 Å². The van der Waals surface area contributed by atoms with Gasteiger partial charge in [0.25, 0.3) is 0 Å². The van der Waals surface area contributed by atoms with E-state index in [-0.39, 0.29) is 23.6 Å². The molecule has 0 aliphatic heterocycles. The summed E-state index contributed by atoms with van der Waals surface area (Å²) in [6, 6.07) is 0. The molecular formula is C8H6O3.